The van der Waals surface area contributed by atoms with Gasteiger partial charge < -0.3 is 9.90 Å². The van der Waals surface area contributed by atoms with Crippen LogP contribution in [0, 0.1) is 0 Å². The molecule has 1 aromatic heterocycles. The van der Waals surface area contributed by atoms with Gasteiger partial charge in [-0.15, -0.1) is 5.10 Å². The molecule has 2 rings (SSSR count). The Bertz CT molecular complexity index is 521. The van der Waals surface area contributed by atoms with E-state index in [9.17, 15) is 9.90 Å². The van der Waals surface area contributed by atoms with Crippen LogP contribution in [0.15, 0.2) is 18.2 Å². The summed E-state index contributed by atoms with van der Waals surface area (Å²) >= 11 is 0.408. The molecule has 19 heavy (non-hydrogen) atoms. The van der Waals surface area contributed by atoms with Gasteiger partial charge in [-0.1, -0.05) is 16.6 Å². The maximum absolute atomic E-state index is 10.6. The van der Waals surface area contributed by atoms with Gasteiger partial charge in [-0.25, -0.2) is 0 Å². The van der Waals surface area contributed by atoms with Crippen LogP contribution in [0.5, 0.6) is 0 Å². The topological polar surface area (TPSA) is 65.9 Å². The number of hydrogen-bond donors (Lipinski definition) is 0. The molecule has 0 aliphatic carbocycles. The van der Waals surface area contributed by atoms with E-state index in [1.54, 1.807) is 25.4 Å². The Kier molecular flexibility index (Phi) is 7.30. The predicted octanol–water partition coefficient (Wildman–Crippen LogP) is 2.60. The van der Waals surface area contributed by atoms with Gasteiger partial charge in [-0.3, -0.25) is 0 Å². The molecule has 0 fully saturated rings. The van der Waals surface area contributed by atoms with E-state index in [1.165, 1.54) is 6.07 Å². The summed E-state index contributed by atoms with van der Waals surface area (Å²) in [7, 11) is 0. The number of fused-ring (bicyclic) bond motifs is 1. The molecule has 2 aromatic rings. The summed E-state index contributed by atoms with van der Waals surface area (Å²) in [4.78, 5) is 10.6. The van der Waals surface area contributed by atoms with Crippen LogP contribution in [0.3, 0.4) is 0 Å². The van der Waals surface area contributed by atoms with E-state index < -0.39 is 25.7 Å². The number of carboxylic acid groups (broad SMARTS) is 1. The first-order valence-corrected chi connectivity index (χ1v) is 13.2. The van der Waals surface area contributed by atoms with Crippen molar-refractivity contribution < 1.29 is 9.90 Å². The fourth-order valence-electron chi connectivity index (χ4n) is 1.72. The van der Waals surface area contributed by atoms with Crippen molar-refractivity contribution in [3.63, 3.8) is 0 Å². The third kappa shape index (κ3) is 4.72. The van der Waals surface area contributed by atoms with Gasteiger partial charge in [-0.2, -0.15) is 0 Å². The smallest absolute Gasteiger partial charge is 0.106 e. The van der Waals surface area contributed by atoms with Crippen molar-refractivity contribution in [3.8, 4) is 0 Å². The van der Waals surface area contributed by atoms with Crippen molar-refractivity contribution in [1.29, 1.82) is 0 Å². The quantitative estimate of drug-likeness (QED) is 0.760. The van der Waals surface area contributed by atoms with Gasteiger partial charge in [0.1, 0.15) is 5.52 Å². The van der Waals surface area contributed by atoms with Gasteiger partial charge in [-0.05, 0) is 17.6 Å². The average Bonchev–Trinajstić information content (AvgIpc) is 2.89. The van der Waals surface area contributed by atoms with E-state index in [4.69, 9.17) is 0 Å². The van der Waals surface area contributed by atoms with Crippen LogP contribution < -0.4 is 5.11 Å². The van der Waals surface area contributed by atoms with Crippen LogP contribution in [0.4, 0.5) is 0 Å². The van der Waals surface area contributed by atoms with Crippen LogP contribution in [-0.2, 0) is 0 Å². The number of hydrogen-bond acceptors (Lipinski definition) is 5. The molecule has 0 spiro atoms. The van der Waals surface area contributed by atoms with Crippen molar-refractivity contribution >= 4 is 47.5 Å². The molecule has 4 nitrogen and oxygen atoms in total. The Hall–Kier alpha value is -0.691. The normalized spacial score (nSPS) is 9.84. The first-order chi connectivity index (χ1) is 9.13. The number of nitrogens with zero attached hydrogens (tertiary/aromatic N) is 2. The van der Waals surface area contributed by atoms with Crippen LogP contribution in [0.25, 0.3) is 10.2 Å². The summed E-state index contributed by atoms with van der Waals surface area (Å²) in [5.74, 6) is -1.19. The van der Waals surface area contributed by atoms with Crippen LogP contribution >= 0.6 is 11.5 Å². The molecule has 0 saturated heterocycles. The van der Waals surface area contributed by atoms with Gasteiger partial charge in [0, 0.05) is 5.56 Å². The van der Waals surface area contributed by atoms with E-state index in [0.29, 0.717) is 10.2 Å². The molecule has 6 heteroatoms. The Morgan fingerprint density at radius 2 is 1.89 bits per heavy atom. The molecular weight excluding hydrogens is 367 g/mol. The molecule has 1 heterocycles. The second kappa shape index (κ2) is 8.47. The third-order valence-corrected chi connectivity index (χ3v) is 12.3. The maximum atomic E-state index is 10.6. The summed E-state index contributed by atoms with van der Waals surface area (Å²) in [5.41, 5.74) is 0.754. The summed E-state index contributed by atoms with van der Waals surface area (Å²) in [6.45, 7) is 7.05. The second-order valence-corrected chi connectivity index (χ2v) is 15.1. The number of aromatic nitrogens is 2. The van der Waals surface area contributed by atoms with Gasteiger partial charge in [0.2, 0.25) is 0 Å². The van der Waals surface area contributed by atoms with E-state index >= 15 is 0 Å². The minimum absolute atomic E-state index is 0.155. The third-order valence-electron chi connectivity index (χ3n) is 2.99. The largest absolute Gasteiger partial charge is 0.545 e. The average molecular weight is 385 g/mol. The fourth-order valence-corrected chi connectivity index (χ4v) is 6.66. The van der Waals surface area contributed by atoms with E-state index in [-0.39, 0.29) is 5.56 Å². The van der Waals surface area contributed by atoms with E-state index in [1.807, 2.05) is 0 Å². The van der Waals surface area contributed by atoms with Crippen molar-refractivity contribution in [2.45, 2.75) is 34.1 Å². The molecule has 0 amide bonds. The summed E-state index contributed by atoms with van der Waals surface area (Å²) in [6, 6.07) is 4.82. The van der Waals surface area contributed by atoms with Gasteiger partial charge in [0.15, 0.2) is 0 Å². The first kappa shape index (κ1) is 16.4. The summed E-state index contributed by atoms with van der Waals surface area (Å²) < 4.78 is 8.86. The van der Waals surface area contributed by atoms with Crippen molar-refractivity contribution in [1.82, 2.24) is 9.59 Å². The van der Waals surface area contributed by atoms with Gasteiger partial charge in [0.25, 0.3) is 0 Å². The molecule has 0 unspecified atom stereocenters. The van der Waals surface area contributed by atoms with Crippen molar-refractivity contribution in [2.75, 3.05) is 0 Å². The Morgan fingerprint density at radius 3 is 2.37 bits per heavy atom. The number of aromatic carboxylic acids is 1. The molecule has 0 aliphatic heterocycles. The molecule has 0 saturated carbocycles. The number of benzene rings is 1. The zero-order chi connectivity index (χ0) is 14.3. The number of carbonyl (C=O) groups excluding carboxylic acids is 1. The maximum Gasteiger partial charge on any atom is 0.106 e. The second-order valence-electron chi connectivity index (χ2n) is 4.02. The zero-order valence-corrected chi connectivity index (χ0v) is 15.1. The number of rotatable bonds is 4. The number of carbonyl (C=O) groups is 1. The van der Waals surface area contributed by atoms with E-state index in [2.05, 4.69) is 30.4 Å². The zero-order valence-electron chi connectivity index (χ0n) is 11.5. The minimum atomic E-state index is -1.19. The monoisotopic (exact) mass is 386 g/mol. The Labute approximate surface area is 124 Å². The van der Waals surface area contributed by atoms with Crippen LogP contribution in [0.1, 0.15) is 31.1 Å². The molecule has 0 bridgehead atoms. The standard InChI is InChI=1S/C7H4N2O2S.3C2H5.Sn/c10-7(11)4-2-1-3-5-6(4)12-9-8-5;3*1-2;/h1-3H,(H,10,11);3*1H2,2H3;/q;;;;+1/p-1. The SMILES string of the molecule is C[CH2][Sn+]([CH2]C)[CH2]C.O=C([O-])c1cccc2nnsc12. The Morgan fingerprint density at radius 1 is 1.26 bits per heavy atom. The van der Waals surface area contributed by atoms with Crippen molar-refractivity contribution in [2.24, 2.45) is 0 Å². The first-order valence-electron chi connectivity index (χ1n) is 6.39. The predicted molar refractivity (Wildman–Crippen MR) is 78.9 cm³/mol. The molecule has 0 N–H and O–H groups in total. The molecule has 0 atom stereocenters. The molecular formula is C13H18N2O2SSn. The van der Waals surface area contributed by atoms with Crippen LogP contribution in [-0.4, -0.2) is 35.3 Å². The minimum Gasteiger partial charge on any atom is -0.545 e. The van der Waals surface area contributed by atoms with Crippen molar-refractivity contribution in [3.05, 3.63) is 23.8 Å². The van der Waals surface area contributed by atoms with E-state index in [0.717, 1.165) is 11.5 Å². The Balaban J connectivity index is 0.000000224. The molecule has 0 aliphatic rings. The fraction of sp³-hybridized carbons (Fsp3) is 0.462. The van der Waals surface area contributed by atoms with Gasteiger partial charge >= 0.3 is 53.8 Å². The summed E-state index contributed by atoms with van der Waals surface area (Å²) in [5, 5.41) is 14.3. The summed E-state index contributed by atoms with van der Waals surface area (Å²) in [6.07, 6.45) is 0. The number of carboxylic acids is 1. The molecule has 1 aromatic carbocycles. The van der Waals surface area contributed by atoms with Crippen LogP contribution in [0.2, 0.25) is 13.3 Å². The molecule has 102 valence electrons. The molecule has 0 radical (unpaired) electrons. The van der Waals surface area contributed by atoms with Gasteiger partial charge in [0.05, 0.1) is 10.7 Å².